The summed E-state index contributed by atoms with van der Waals surface area (Å²) in [6.45, 7) is 2.77. The maximum atomic E-state index is 13.2. The van der Waals surface area contributed by atoms with Gasteiger partial charge in [-0.05, 0) is 31.9 Å². The Morgan fingerprint density at radius 1 is 1.22 bits per heavy atom. The molecule has 2 aromatic heterocycles. The maximum Gasteiger partial charge on any atom is 0.420 e. The minimum absolute atomic E-state index is 0.0635. The van der Waals surface area contributed by atoms with Gasteiger partial charge in [-0.3, -0.25) is 0 Å². The van der Waals surface area contributed by atoms with E-state index >= 15 is 0 Å². The van der Waals surface area contributed by atoms with Crippen molar-refractivity contribution in [2.45, 2.75) is 31.9 Å². The van der Waals surface area contributed by atoms with Crippen LogP contribution in [-0.4, -0.2) is 33.3 Å². The lowest BCUT2D eigenvalue weighted by molar-refractivity contribution is -0.137. The van der Waals surface area contributed by atoms with E-state index in [1.165, 1.54) is 0 Å². The Labute approximate surface area is 131 Å². The fourth-order valence-electron chi connectivity index (χ4n) is 2.89. The summed E-state index contributed by atoms with van der Waals surface area (Å²) < 4.78 is 39.5. The molecule has 1 atom stereocenters. The summed E-state index contributed by atoms with van der Waals surface area (Å²) in [6, 6.07) is 2.79. The number of hydrogen-bond acceptors (Lipinski definition) is 5. The lowest BCUT2D eigenvalue weighted by atomic mass is 9.94. The SMILES string of the molecule is Cc1nccc(C2CCCN(c3nnccc3C(F)(F)F)C2)n1. The molecule has 1 fully saturated rings. The van der Waals surface area contributed by atoms with Crippen LogP contribution < -0.4 is 4.90 Å². The Morgan fingerprint density at radius 2 is 2.04 bits per heavy atom. The van der Waals surface area contributed by atoms with E-state index in [1.54, 1.807) is 18.0 Å². The Bertz CT molecular complexity index is 689. The van der Waals surface area contributed by atoms with Crippen LogP contribution in [0.3, 0.4) is 0 Å². The third-order valence-corrected chi connectivity index (χ3v) is 3.94. The fraction of sp³-hybridized carbons (Fsp3) is 0.467. The molecule has 8 heteroatoms. The number of anilines is 1. The van der Waals surface area contributed by atoms with E-state index < -0.39 is 11.7 Å². The molecule has 0 spiro atoms. The van der Waals surface area contributed by atoms with Crippen LogP contribution in [0.2, 0.25) is 0 Å². The number of aromatic nitrogens is 4. The molecule has 0 bridgehead atoms. The highest BCUT2D eigenvalue weighted by Gasteiger charge is 2.37. The van der Waals surface area contributed by atoms with Crippen molar-refractivity contribution < 1.29 is 13.2 Å². The van der Waals surface area contributed by atoms with E-state index in [9.17, 15) is 13.2 Å². The normalized spacial score (nSPS) is 19.0. The standard InChI is InChI=1S/C15H16F3N5/c1-10-19-6-5-13(21-10)11-3-2-8-23(9-11)14-12(15(16,17)18)4-7-20-22-14/h4-7,11H,2-3,8-9H2,1H3. The first-order valence-corrected chi connectivity index (χ1v) is 7.38. The largest absolute Gasteiger partial charge is 0.420 e. The first-order valence-electron chi connectivity index (χ1n) is 7.38. The zero-order chi connectivity index (χ0) is 16.4. The van der Waals surface area contributed by atoms with Crippen LogP contribution in [0.4, 0.5) is 19.0 Å². The molecule has 1 unspecified atom stereocenters. The summed E-state index contributed by atoms with van der Waals surface area (Å²) in [6.07, 6.45) is -0.0263. The van der Waals surface area contributed by atoms with Gasteiger partial charge in [-0.15, -0.1) is 5.10 Å². The first kappa shape index (κ1) is 15.6. The Balaban J connectivity index is 1.88. The third kappa shape index (κ3) is 3.40. The van der Waals surface area contributed by atoms with Gasteiger partial charge in [0.1, 0.15) is 11.4 Å². The number of alkyl halides is 3. The molecular weight excluding hydrogens is 307 g/mol. The molecule has 0 aliphatic carbocycles. The lowest BCUT2D eigenvalue weighted by Crippen LogP contribution is -2.36. The molecule has 122 valence electrons. The summed E-state index contributed by atoms with van der Waals surface area (Å²) in [5, 5.41) is 7.37. The summed E-state index contributed by atoms with van der Waals surface area (Å²) >= 11 is 0. The van der Waals surface area contributed by atoms with Gasteiger partial charge in [-0.25, -0.2) is 9.97 Å². The van der Waals surface area contributed by atoms with Crippen molar-refractivity contribution in [3.8, 4) is 0 Å². The van der Waals surface area contributed by atoms with Crippen LogP contribution in [0.25, 0.3) is 0 Å². The smallest absolute Gasteiger partial charge is 0.354 e. The fourth-order valence-corrected chi connectivity index (χ4v) is 2.89. The van der Waals surface area contributed by atoms with Gasteiger partial charge in [0.2, 0.25) is 0 Å². The highest BCUT2D eigenvalue weighted by molar-refractivity contribution is 5.48. The Morgan fingerprint density at radius 3 is 2.78 bits per heavy atom. The second kappa shape index (κ2) is 6.10. The van der Waals surface area contributed by atoms with Crippen molar-refractivity contribution in [1.29, 1.82) is 0 Å². The van der Waals surface area contributed by atoms with Crippen molar-refractivity contribution in [3.05, 3.63) is 41.6 Å². The van der Waals surface area contributed by atoms with Crippen molar-refractivity contribution in [2.75, 3.05) is 18.0 Å². The van der Waals surface area contributed by atoms with Gasteiger partial charge in [-0.1, -0.05) is 0 Å². The average Bonchev–Trinajstić information content (AvgIpc) is 2.54. The zero-order valence-corrected chi connectivity index (χ0v) is 12.6. The van der Waals surface area contributed by atoms with Crippen molar-refractivity contribution in [1.82, 2.24) is 20.2 Å². The molecular formula is C15H16F3N5. The van der Waals surface area contributed by atoms with Crippen molar-refractivity contribution in [2.24, 2.45) is 0 Å². The van der Waals surface area contributed by atoms with E-state index in [-0.39, 0.29) is 11.7 Å². The van der Waals surface area contributed by atoms with Gasteiger partial charge in [0.15, 0.2) is 5.82 Å². The summed E-state index contributed by atoms with van der Waals surface area (Å²) in [5.41, 5.74) is 0.117. The Kier molecular flexibility index (Phi) is 4.14. The maximum absolute atomic E-state index is 13.2. The number of rotatable bonds is 2. The predicted octanol–water partition coefficient (Wildman–Crippen LogP) is 2.98. The van der Waals surface area contributed by atoms with Crippen LogP contribution in [0, 0.1) is 6.92 Å². The van der Waals surface area contributed by atoms with Gasteiger partial charge in [0, 0.05) is 30.9 Å². The minimum atomic E-state index is -4.44. The minimum Gasteiger partial charge on any atom is -0.354 e. The van der Waals surface area contributed by atoms with Gasteiger partial charge in [0.25, 0.3) is 0 Å². The molecule has 0 saturated carbocycles. The predicted molar refractivity (Wildman–Crippen MR) is 78.0 cm³/mol. The lowest BCUT2D eigenvalue weighted by Gasteiger charge is -2.34. The van der Waals surface area contributed by atoms with E-state index in [1.807, 2.05) is 6.07 Å². The molecule has 3 heterocycles. The molecule has 0 aromatic carbocycles. The molecule has 23 heavy (non-hydrogen) atoms. The molecule has 2 aromatic rings. The van der Waals surface area contributed by atoms with Crippen LogP contribution in [-0.2, 0) is 6.18 Å². The van der Waals surface area contributed by atoms with Crippen LogP contribution in [0.5, 0.6) is 0 Å². The van der Waals surface area contributed by atoms with E-state index in [4.69, 9.17) is 0 Å². The van der Waals surface area contributed by atoms with Crippen LogP contribution in [0.1, 0.15) is 35.8 Å². The highest BCUT2D eigenvalue weighted by atomic mass is 19.4. The zero-order valence-electron chi connectivity index (χ0n) is 12.6. The average molecular weight is 323 g/mol. The van der Waals surface area contributed by atoms with Crippen LogP contribution in [0.15, 0.2) is 24.5 Å². The number of piperidine rings is 1. The topological polar surface area (TPSA) is 54.8 Å². The van der Waals surface area contributed by atoms with Crippen molar-refractivity contribution in [3.63, 3.8) is 0 Å². The molecule has 0 amide bonds. The first-order chi connectivity index (χ1) is 10.9. The number of nitrogens with zero attached hydrogens (tertiary/aromatic N) is 5. The number of halogens is 3. The molecule has 0 N–H and O–H groups in total. The number of hydrogen-bond donors (Lipinski definition) is 0. The van der Waals surface area contributed by atoms with Crippen LogP contribution >= 0.6 is 0 Å². The number of aryl methyl sites for hydroxylation is 1. The monoisotopic (exact) mass is 323 g/mol. The quantitative estimate of drug-likeness (QED) is 0.850. The second-order valence-electron chi connectivity index (χ2n) is 5.58. The third-order valence-electron chi connectivity index (χ3n) is 3.94. The summed E-state index contributed by atoms with van der Waals surface area (Å²) in [4.78, 5) is 10.1. The highest BCUT2D eigenvalue weighted by Crippen LogP contribution is 2.37. The van der Waals surface area contributed by atoms with Gasteiger partial charge in [0.05, 0.1) is 6.20 Å². The molecule has 1 aliphatic rings. The van der Waals surface area contributed by atoms with Crippen molar-refractivity contribution >= 4 is 5.82 Å². The van der Waals surface area contributed by atoms with Gasteiger partial charge < -0.3 is 4.90 Å². The molecule has 1 saturated heterocycles. The molecule has 3 rings (SSSR count). The van der Waals surface area contributed by atoms with E-state index in [2.05, 4.69) is 20.2 Å². The van der Waals surface area contributed by atoms with Gasteiger partial charge >= 0.3 is 6.18 Å². The van der Waals surface area contributed by atoms with E-state index in [0.29, 0.717) is 18.9 Å². The summed E-state index contributed by atoms with van der Waals surface area (Å²) in [7, 11) is 0. The molecule has 0 radical (unpaired) electrons. The van der Waals surface area contributed by atoms with Gasteiger partial charge in [-0.2, -0.15) is 18.3 Å². The summed E-state index contributed by atoms with van der Waals surface area (Å²) in [5.74, 6) is 0.624. The molecule has 1 aliphatic heterocycles. The van der Waals surface area contributed by atoms with E-state index in [0.717, 1.165) is 30.8 Å². The Hall–Kier alpha value is -2.25. The second-order valence-corrected chi connectivity index (χ2v) is 5.58. The molecule has 5 nitrogen and oxygen atoms in total.